The molecule has 2 N–H and O–H groups in total. The predicted octanol–water partition coefficient (Wildman–Crippen LogP) is 3.80. The maximum atomic E-state index is 14.0. The van der Waals surface area contributed by atoms with E-state index < -0.39 is 29.4 Å². The fraction of sp³-hybridized carbons (Fsp3) is 0.350. The highest BCUT2D eigenvalue weighted by Gasteiger charge is 2.28. The number of hydrogen-bond acceptors (Lipinski definition) is 4. The molecule has 0 saturated heterocycles. The van der Waals surface area contributed by atoms with Gasteiger partial charge in [-0.25, -0.2) is 8.78 Å². The van der Waals surface area contributed by atoms with E-state index in [1.54, 1.807) is 26.0 Å². The molecule has 3 atom stereocenters. The van der Waals surface area contributed by atoms with Gasteiger partial charge in [0, 0.05) is 6.07 Å². The third-order valence-corrected chi connectivity index (χ3v) is 4.21. The van der Waals surface area contributed by atoms with Gasteiger partial charge < -0.3 is 20.0 Å². The highest BCUT2D eigenvalue weighted by molar-refractivity contribution is 5.63. The van der Waals surface area contributed by atoms with Crippen molar-refractivity contribution in [3.05, 3.63) is 65.7 Å². The molecule has 0 fully saturated rings. The maximum Gasteiger partial charge on any atom is 0.165 e. The Morgan fingerprint density at radius 1 is 1.19 bits per heavy atom. The summed E-state index contributed by atoms with van der Waals surface area (Å²) in [6.07, 6.45) is -0.196. The summed E-state index contributed by atoms with van der Waals surface area (Å²) in [6, 6.07) is 12.1. The summed E-state index contributed by atoms with van der Waals surface area (Å²) in [4.78, 5) is 11.2. The van der Waals surface area contributed by atoms with Crippen LogP contribution in [0.25, 0.3) is 0 Å². The summed E-state index contributed by atoms with van der Waals surface area (Å²) in [5.74, 6) is -1.48. The predicted molar refractivity (Wildman–Crippen MR) is 94.9 cm³/mol. The highest BCUT2D eigenvalue weighted by atomic mass is 19.1. The third-order valence-electron chi connectivity index (χ3n) is 4.21. The van der Waals surface area contributed by atoms with Crippen LogP contribution in [-0.2, 0) is 9.53 Å². The minimum Gasteiger partial charge on any atom is -0.480 e. The molecule has 0 aliphatic heterocycles. The molecule has 4 nitrogen and oxygen atoms in total. The van der Waals surface area contributed by atoms with Crippen LogP contribution >= 0.6 is 0 Å². The van der Waals surface area contributed by atoms with E-state index >= 15 is 0 Å². The molecular formula is C20H23F2NO3. The second kappa shape index (κ2) is 8.87. The second-order valence-electron chi connectivity index (χ2n) is 6.24. The molecule has 0 aliphatic rings. The molecule has 26 heavy (non-hydrogen) atoms. The lowest BCUT2D eigenvalue weighted by atomic mass is 10.0. The van der Waals surface area contributed by atoms with Gasteiger partial charge in [-0.3, -0.25) is 0 Å². The molecule has 0 unspecified atom stereocenters. The van der Waals surface area contributed by atoms with Gasteiger partial charge >= 0.3 is 0 Å². The van der Waals surface area contributed by atoms with Gasteiger partial charge in [0.2, 0.25) is 0 Å². The number of benzene rings is 2. The van der Waals surface area contributed by atoms with E-state index in [1.165, 1.54) is 0 Å². The summed E-state index contributed by atoms with van der Waals surface area (Å²) < 4.78 is 38.9. The average molecular weight is 363 g/mol. The van der Waals surface area contributed by atoms with Gasteiger partial charge in [-0.2, -0.15) is 0 Å². The number of carbonyl (C=O) groups excluding carboxylic acids is 1. The van der Waals surface area contributed by atoms with Crippen LogP contribution in [-0.4, -0.2) is 24.5 Å². The summed E-state index contributed by atoms with van der Waals surface area (Å²) in [7, 11) is 0. The van der Waals surface area contributed by atoms with Crippen molar-refractivity contribution < 1.29 is 23.0 Å². The van der Waals surface area contributed by atoms with Gasteiger partial charge in [-0.15, -0.1) is 0 Å². The van der Waals surface area contributed by atoms with Crippen molar-refractivity contribution in [3.63, 3.8) is 0 Å². The van der Waals surface area contributed by atoms with Crippen LogP contribution < -0.4 is 10.5 Å². The van der Waals surface area contributed by atoms with Crippen molar-refractivity contribution >= 4 is 6.29 Å². The Kier molecular flexibility index (Phi) is 6.83. The molecule has 0 bridgehead atoms. The van der Waals surface area contributed by atoms with Crippen LogP contribution in [0.1, 0.15) is 31.9 Å². The Morgan fingerprint density at radius 3 is 2.50 bits per heavy atom. The summed E-state index contributed by atoms with van der Waals surface area (Å²) in [5, 5.41) is 0. The third kappa shape index (κ3) is 5.09. The number of nitrogens with two attached hydrogens (primary N) is 1. The molecule has 0 spiro atoms. The van der Waals surface area contributed by atoms with Gasteiger partial charge in [0.25, 0.3) is 0 Å². The van der Waals surface area contributed by atoms with Gasteiger partial charge in [-0.05, 0) is 31.0 Å². The Hall–Kier alpha value is -2.31. The zero-order chi connectivity index (χ0) is 19.2. The van der Waals surface area contributed by atoms with Crippen molar-refractivity contribution in [2.45, 2.75) is 38.0 Å². The van der Waals surface area contributed by atoms with E-state index in [4.69, 9.17) is 15.2 Å². The van der Waals surface area contributed by atoms with Crippen LogP contribution in [0.5, 0.6) is 5.75 Å². The van der Waals surface area contributed by atoms with E-state index in [2.05, 4.69) is 0 Å². The topological polar surface area (TPSA) is 61.6 Å². The maximum absolute atomic E-state index is 14.0. The molecule has 2 aromatic rings. The Morgan fingerprint density at radius 2 is 1.88 bits per heavy atom. The van der Waals surface area contributed by atoms with E-state index in [0.717, 1.165) is 23.8 Å². The number of halogens is 2. The quantitative estimate of drug-likeness (QED) is 0.689. The molecule has 140 valence electrons. The lowest BCUT2D eigenvalue weighted by Gasteiger charge is -2.29. The zero-order valence-electron chi connectivity index (χ0n) is 14.8. The minimum absolute atomic E-state index is 0.00745. The van der Waals surface area contributed by atoms with Crippen molar-refractivity contribution in [1.82, 2.24) is 0 Å². The summed E-state index contributed by atoms with van der Waals surface area (Å²) in [5.41, 5.74) is 5.57. The molecule has 0 amide bonds. The minimum atomic E-state index is -1.10. The standard InChI is InChI=1S/C20H23F2NO3/c1-3-20(23,12-24)13-25-14(2)19(15-7-5-4-6-8-15)26-18-11-16(21)9-10-17(18)22/h4-12,14,19H,3,13,23H2,1-2H3/t14-,19-,20-/m0/s1. The molecule has 0 aromatic heterocycles. The van der Waals surface area contributed by atoms with Crippen LogP contribution in [0, 0.1) is 11.6 Å². The number of aldehydes is 1. The van der Waals surface area contributed by atoms with Crippen molar-refractivity contribution in [2.75, 3.05) is 6.61 Å². The lowest BCUT2D eigenvalue weighted by Crippen LogP contribution is -2.47. The smallest absolute Gasteiger partial charge is 0.165 e. The molecule has 0 saturated carbocycles. The van der Waals surface area contributed by atoms with Gasteiger partial charge in [-0.1, -0.05) is 37.3 Å². The summed E-state index contributed by atoms with van der Waals surface area (Å²) >= 11 is 0. The van der Waals surface area contributed by atoms with Crippen molar-refractivity contribution in [1.29, 1.82) is 0 Å². The Labute approximate surface area is 151 Å². The monoisotopic (exact) mass is 363 g/mol. The lowest BCUT2D eigenvalue weighted by molar-refractivity contribution is -0.116. The molecule has 0 radical (unpaired) electrons. The van der Waals surface area contributed by atoms with E-state index in [-0.39, 0.29) is 12.4 Å². The number of hydrogen-bond donors (Lipinski definition) is 1. The fourth-order valence-corrected chi connectivity index (χ4v) is 2.38. The molecule has 0 heterocycles. The molecule has 6 heteroatoms. The van der Waals surface area contributed by atoms with Gasteiger partial charge in [0.05, 0.1) is 18.2 Å². The first kappa shape index (κ1) is 20.0. The second-order valence-corrected chi connectivity index (χ2v) is 6.24. The van der Waals surface area contributed by atoms with E-state index in [9.17, 15) is 13.6 Å². The number of rotatable bonds is 9. The van der Waals surface area contributed by atoms with Gasteiger partial charge in [0.1, 0.15) is 18.2 Å². The Bertz CT molecular complexity index is 726. The van der Waals surface area contributed by atoms with E-state index in [1.807, 2.05) is 18.2 Å². The average Bonchev–Trinajstić information content (AvgIpc) is 2.67. The first-order chi connectivity index (χ1) is 12.4. The fourth-order valence-electron chi connectivity index (χ4n) is 2.38. The normalized spacial score (nSPS) is 15.7. The van der Waals surface area contributed by atoms with Crippen LogP contribution in [0.2, 0.25) is 0 Å². The van der Waals surface area contributed by atoms with Crippen molar-refractivity contribution in [3.8, 4) is 5.75 Å². The molecule has 2 rings (SSSR count). The number of carbonyl (C=O) groups is 1. The van der Waals surface area contributed by atoms with Crippen LogP contribution in [0.4, 0.5) is 8.78 Å². The number of ether oxygens (including phenoxy) is 2. The molecule has 2 aromatic carbocycles. The van der Waals surface area contributed by atoms with Crippen LogP contribution in [0.15, 0.2) is 48.5 Å². The molecular weight excluding hydrogens is 340 g/mol. The molecule has 0 aliphatic carbocycles. The summed E-state index contributed by atoms with van der Waals surface area (Å²) in [6.45, 7) is 3.51. The Balaban J connectivity index is 2.24. The highest BCUT2D eigenvalue weighted by Crippen LogP contribution is 2.29. The van der Waals surface area contributed by atoms with Gasteiger partial charge in [0.15, 0.2) is 11.6 Å². The first-order valence-corrected chi connectivity index (χ1v) is 8.42. The SMILES string of the molecule is CC[C@](N)(C=O)CO[C@@H](C)[C@H](Oc1cc(F)ccc1F)c1ccccc1. The van der Waals surface area contributed by atoms with Crippen LogP contribution in [0.3, 0.4) is 0 Å². The van der Waals surface area contributed by atoms with E-state index in [0.29, 0.717) is 12.7 Å². The van der Waals surface area contributed by atoms with Crippen molar-refractivity contribution in [2.24, 2.45) is 5.73 Å². The zero-order valence-corrected chi connectivity index (χ0v) is 14.8. The first-order valence-electron chi connectivity index (χ1n) is 8.42. The largest absolute Gasteiger partial charge is 0.480 e.